The summed E-state index contributed by atoms with van der Waals surface area (Å²) >= 11 is 6.27. The van der Waals surface area contributed by atoms with E-state index in [1.54, 1.807) is 18.6 Å². The van der Waals surface area contributed by atoms with Crippen LogP contribution in [-0.2, 0) is 12.6 Å². The molecule has 140 valence electrons. The summed E-state index contributed by atoms with van der Waals surface area (Å²) in [5.74, 6) is -0.769. The molecule has 3 rings (SSSR count). The predicted octanol–water partition coefficient (Wildman–Crippen LogP) is 5.59. The number of amides is 1. The number of rotatable bonds is 5. The van der Waals surface area contributed by atoms with E-state index in [0.717, 1.165) is 28.8 Å². The molecule has 1 heterocycles. The van der Waals surface area contributed by atoms with Crippen LogP contribution in [0.3, 0.4) is 0 Å². The minimum absolute atomic E-state index is 0.163. The van der Waals surface area contributed by atoms with Gasteiger partial charge in [-0.15, -0.1) is 0 Å². The number of carbonyl (C=O) groups is 1. The van der Waals surface area contributed by atoms with E-state index < -0.39 is 23.2 Å². The Bertz CT molecular complexity index is 937. The van der Waals surface area contributed by atoms with Gasteiger partial charge in [0.2, 0.25) is 0 Å². The molecule has 0 aliphatic rings. The Balaban J connectivity index is 1.64. The van der Waals surface area contributed by atoms with Crippen molar-refractivity contribution in [1.82, 2.24) is 5.32 Å². The minimum atomic E-state index is -4.58. The molecule has 1 amide bonds. The molecular weight excluding hydrogens is 379 g/mol. The van der Waals surface area contributed by atoms with E-state index in [2.05, 4.69) is 5.32 Å². The zero-order chi connectivity index (χ0) is 19.4. The van der Waals surface area contributed by atoms with Crippen LogP contribution >= 0.6 is 11.6 Å². The van der Waals surface area contributed by atoms with Gasteiger partial charge in [-0.2, -0.15) is 13.2 Å². The van der Waals surface area contributed by atoms with Crippen LogP contribution in [-0.4, -0.2) is 12.5 Å². The summed E-state index contributed by atoms with van der Waals surface area (Å²) in [7, 11) is 0. The molecule has 3 aromatic rings. The fourth-order valence-electron chi connectivity index (χ4n) is 2.69. The second-order valence-corrected chi connectivity index (χ2v) is 6.27. The monoisotopic (exact) mass is 393 g/mol. The smallest absolute Gasteiger partial charge is 0.417 e. The number of hydrogen-bond donors (Lipinski definition) is 1. The predicted molar refractivity (Wildman–Crippen MR) is 96.6 cm³/mol. The molecule has 0 fully saturated rings. The summed E-state index contributed by atoms with van der Waals surface area (Å²) in [4.78, 5) is 12.1. The zero-order valence-electron chi connectivity index (χ0n) is 14.0. The third-order valence-electron chi connectivity index (χ3n) is 4.06. The number of halogens is 4. The van der Waals surface area contributed by atoms with Crippen LogP contribution in [0.1, 0.15) is 21.5 Å². The number of carbonyl (C=O) groups excluding carboxylic acids is 1. The lowest BCUT2D eigenvalue weighted by molar-refractivity contribution is -0.137. The van der Waals surface area contributed by atoms with Gasteiger partial charge in [-0.3, -0.25) is 4.79 Å². The van der Waals surface area contributed by atoms with Gasteiger partial charge in [-0.1, -0.05) is 35.9 Å². The van der Waals surface area contributed by atoms with Crippen LogP contribution < -0.4 is 5.32 Å². The lowest BCUT2D eigenvalue weighted by Crippen LogP contribution is -2.28. The van der Waals surface area contributed by atoms with Crippen LogP contribution in [0.5, 0.6) is 0 Å². The maximum absolute atomic E-state index is 13.0. The van der Waals surface area contributed by atoms with Gasteiger partial charge < -0.3 is 9.73 Å². The maximum Gasteiger partial charge on any atom is 0.417 e. The highest BCUT2D eigenvalue weighted by Crippen LogP contribution is 2.31. The quantitative estimate of drug-likeness (QED) is 0.613. The first-order valence-corrected chi connectivity index (χ1v) is 8.49. The molecule has 0 bridgehead atoms. The summed E-state index contributed by atoms with van der Waals surface area (Å²) in [6.45, 7) is 0.163. The van der Waals surface area contributed by atoms with Crippen molar-refractivity contribution in [1.29, 1.82) is 0 Å². The highest BCUT2D eigenvalue weighted by atomic mass is 35.5. The molecule has 0 atom stereocenters. The van der Waals surface area contributed by atoms with E-state index >= 15 is 0 Å². The lowest BCUT2D eigenvalue weighted by Gasteiger charge is -2.13. The number of benzene rings is 2. The molecule has 0 saturated heterocycles. The Hall–Kier alpha value is -2.73. The molecule has 0 spiro atoms. The van der Waals surface area contributed by atoms with Crippen molar-refractivity contribution < 1.29 is 22.4 Å². The third-order valence-corrected chi connectivity index (χ3v) is 4.42. The Morgan fingerprint density at radius 1 is 1.07 bits per heavy atom. The molecule has 0 saturated carbocycles. The van der Waals surface area contributed by atoms with E-state index in [-0.39, 0.29) is 6.54 Å². The summed E-state index contributed by atoms with van der Waals surface area (Å²) in [6, 6.07) is 12.0. The molecule has 2 aromatic carbocycles. The van der Waals surface area contributed by atoms with Gasteiger partial charge >= 0.3 is 6.18 Å². The average molecular weight is 394 g/mol. The van der Waals surface area contributed by atoms with Gasteiger partial charge in [0, 0.05) is 17.1 Å². The Labute approximate surface area is 158 Å². The van der Waals surface area contributed by atoms with Crippen molar-refractivity contribution in [3.8, 4) is 11.1 Å². The molecule has 27 heavy (non-hydrogen) atoms. The van der Waals surface area contributed by atoms with Crippen molar-refractivity contribution in [3.63, 3.8) is 0 Å². The number of alkyl halides is 3. The Morgan fingerprint density at radius 3 is 2.52 bits per heavy atom. The van der Waals surface area contributed by atoms with Gasteiger partial charge in [0.25, 0.3) is 5.91 Å². The molecule has 1 aromatic heterocycles. The van der Waals surface area contributed by atoms with E-state index in [4.69, 9.17) is 16.0 Å². The normalized spacial score (nSPS) is 11.4. The lowest BCUT2D eigenvalue weighted by atomic mass is 10.0. The molecule has 1 N–H and O–H groups in total. The summed E-state index contributed by atoms with van der Waals surface area (Å²) in [6.07, 6.45) is -1.03. The van der Waals surface area contributed by atoms with Crippen LogP contribution in [0.2, 0.25) is 5.02 Å². The first-order chi connectivity index (χ1) is 12.9. The molecule has 3 nitrogen and oxygen atoms in total. The first kappa shape index (κ1) is 19.0. The van der Waals surface area contributed by atoms with Crippen LogP contribution in [0.25, 0.3) is 11.1 Å². The zero-order valence-corrected chi connectivity index (χ0v) is 14.8. The fourth-order valence-corrected chi connectivity index (χ4v) is 2.97. The number of furan rings is 1. The van der Waals surface area contributed by atoms with Gasteiger partial charge in [0.15, 0.2) is 0 Å². The van der Waals surface area contributed by atoms with E-state index in [0.29, 0.717) is 11.4 Å². The molecule has 0 unspecified atom stereocenters. The summed E-state index contributed by atoms with van der Waals surface area (Å²) in [5, 5.41) is 3.03. The fraction of sp³-hybridized carbons (Fsp3) is 0.150. The number of nitrogens with one attached hydrogen (secondary N) is 1. The highest BCUT2D eigenvalue weighted by molar-refractivity contribution is 6.31. The Kier molecular flexibility index (Phi) is 5.56. The van der Waals surface area contributed by atoms with Crippen LogP contribution in [0, 0.1) is 0 Å². The standard InChI is InChI=1S/C20H15ClF3NO2/c21-18-11-14(15-8-10-27-12-15)6-5-13(18)7-9-25-19(26)16-3-1-2-4-17(16)20(22,23)24/h1-6,8,10-12H,7,9H2,(H,25,26). The number of hydrogen-bond acceptors (Lipinski definition) is 2. The van der Waals surface area contributed by atoms with Crippen molar-refractivity contribution in [2.24, 2.45) is 0 Å². The molecule has 0 aliphatic heterocycles. The third kappa shape index (κ3) is 4.52. The van der Waals surface area contributed by atoms with Crippen molar-refractivity contribution >= 4 is 17.5 Å². The largest absolute Gasteiger partial charge is 0.472 e. The van der Waals surface area contributed by atoms with E-state index in [1.807, 2.05) is 18.2 Å². The van der Waals surface area contributed by atoms with Gasteiger partial charge in [-0.25, -0.2) is 0 Å². The first-order valence-electron chi connectivity index (χ1n) is 8.11. The highest BCUT2D eigenvalue weighted by Gasteiger charge is 2.34. The topological polar surface area (TPSA) is 42.2 Å². The molecular formula is C20H15ClF3NO2. The second kappa shape index (κ2) is 7.88. The SMILES string of the molecule is O=C(NCCc1ccc(-c2ccoc2)cc1Cl)c1ccccc1C(F)(F)F. The second-order valence-electron chi connectivity index (χ2n) is 5.87. The van der Waals surface area contributed by atoms with Crippen molar-refractivity contribution in [3.05, 3.63) is 82.8 Å². The van der Waals surface area contributed by atoms with Crippen molar-refractivity contribution in [2.45, 2.75) is 12.6 Å². The summed E-state index contributed by atoms with van der Waals surface area (Å²) in [5.41, 5.74) is 1.21. The van der Waals surface area contributed by atoms with E-state index in [1.165, 1.54) is 12.1 Å². The van der Waals surface area contributed by atoms with Crippen LogP contribution in [0.4, 0.5) is 13.2 Å². The maximum atomic E-state index is 13.0. The Morgan fingerprint density at radius 2 is 1.85 bits per heavy atom. The van der Waals surface area contributed by atoms with Gasteiger partial charge in [0.05, 0.1) is 23.7 Å². The van der Waals surface area contributed by atoms with Gasteiger partial charge in [0.1, 0.15) is 0 Å². The average Bonchev–Trinajstić information content (AvgIpc) is 3.17. The van der Waals surface area contributed by atoms with E-state index in [9.17, 15) is 18.0 Å². The van der Waals surface area contributed by atoms with Crippen LogP contribution in [0.15, 0.2) is 65.5 Å². The molecule has 7 heteroatoms. The molecule has 0 aliphatic carbocycles. The summed E-state index contributed by atoms with van der Waals surface area (Å²) < 4.78 is 44.0. The molecule has 0 radical (unpaired) electrons. The van der Waals surface area contributed by atoms with Gasteiger partial charge in [-0.05, 0) is 41.8 Å². The van der Waals surface area contributed by atoms with Crippen molar-refractivity contribution in [2.75, 3.05) is 6.54 Å². The minimum Gasteiger partial charge on any atom is -0.472 e.